The summed E-state index contributed by atoms with van der Waals surface area (Å²) < 4.78 is 40.0. The van der Waals surface area contributed by atoms with E-state index in [0.29, 0.717) is 16.6 Å². The molecule has 1 heterocycles. The molecule has 0 bridgehead atoms. The van der Waals surface area contributed by atoms with Gasteiger partial charge in [-0.05, 0) is 36.4 Å². The number of benzene rings is 3. The van der Waals surface area contributed by atoms with Gasteiger partial charge in [-0.2, -0.15) is 13.2 Å². The van der Waals surface area contributed by atoms with Crippen LogP contribution in [0.2, 0.25) is 0 Å². The molecule has 0 aliphatic carbocycles. The predicted octanol–water partition coefficient (Wildman–Crippen LogP) is 5.52. The number of carbonyl (C=O) groups is 1. The molecule has 0 fully saturated rings. The number of ketones is 1. The fourth-order valence-corrected chi connectivity index (χ4v) is 2.91. The van der Waals surface area contributed by atoms with Crippen molar-refractivity contribution in [2.24, 2.45) is 4.99 Å². The molecule has 29 heavy (non-hydrogen) atoms. The van der Waals surface area contributed by atoms with E-state index in [9.17, 15) is 18.0 Å². The van der Waals surface area contributed by atoms with Gasteiger partial charge in [0.25, 0.3) is 0 Å². The van der Waals surface area contributed by atoms with Gasteiger partial charge in [-0.15, -0.1) is 0 Å². The molecule has 7 heteroatoms. The van der Waals surface area contributed by atoms with Crippen molar-refractivity contribution in [3.8, 4) is 0 Å². The number of nitrogens with zero attached hydrogens (tertiary/aromatic N) is 3. The molecule has 0 saturated carbocycles. The molecule has 0 amide bonds. The van der Waals surface area contributed by atoms with Crippen molar-refractivity contribution in [2.45, 2.75) is 6.18 Å². The van der Waals surface area contributed by atoms with Crippen LogP contribution in [0.1, 0.15) is 15.9 Å². The highest BCUT2D eigenvalue weighted by molar-refractivity contribution is 6.46. The van der Waals surface area contributed by atoms with Crippen molar-refractivity contribution >= 4 is 28.3 Å². The molecule has 4 nitrogen and oxygen atoms in total. The van der Waals surface area contributed by atoms with Crippen molar-refractivity contribution in [3.63, 3.8) is 0 Å². The summed E-state index contributed by atoms with van der Waals surface area (Å²) in [6.45, 7) is 0. The van der Waals surface area contributed by atoms with Gasteiger partial charge in [0.15, 0.2) is 5.84 Å². The van der Waals surface area contributed by atoms with Crippen molar-refractivity contribution in [2.75, 3.05) is 0 Å². The maximum Gasteiger partial charge on any atom is 0.416 e. The van der Waals surface area contributed by atoms with E-state index in [4.69, 9.17) is 0 Å². The maximum absolute atomic E-state index is 13.2. The second-order valence-electron chi connectivity index (χ2n) is 6.28. The van der Waals surface area contributed by atoms with Crippen LogP contribution in [0, 0.1) is 0 Å². The number of alkyl halides is 3. The summed E-state index contributed by atoms with van der Waals surface area (Å²) in [5, 5.41) is 0. The van der Waals surface area contributed by atoms with Gasteiger partial charge in [-0.3, -0.25) is 9.36 Å². The molecule has 4 aromatic rings. The second-order valence-corrected chi connectivity index (χ2v) is 6.28. The molecule has 0 aliphatic rings. The number of rotatable bonds is 3. The maximum atomic E-state index is 13.2. The first-order chi connectivity index (χ1) is 13.9. The topological polar surface area (TPSA) is 47.2 Å². The number of imidazole rings is 1. The molecule has 0 spiro atoms. The minimum atomic E-state index is -4.44. The molecule has 0 radical (unpaired) electrons. The van der Waals surface area contributed by atoms with Gasteiger partial charge in [0.2, 0.25) is 5.78 Å². The Hall–Kier alpha value is -3.74. The standard InChI is InChI=1S/C22H14F3N3O/c23-22(24,25)16-10-12-17(13-11-16)27-21(20(29)15-6-2-1-3-7-15)28-14-26-18-8-4-5-9-19(18)28/h1-14H. The van der Waals surface area contributed by atoms with Crippen molar-refractivity contribution < 1.29 is 18.0 Å². The highest BCUT2D eigenvalue weighted by Crippen LogP contribution is 2.30. The van der Waals surface area contributed by atoms with Crippen molar-refractivity contribution in [1.82, 2.24) is 9.55 Å². The summed E-state index contributed by atoms with van der Waals surface area (Å²) in [7, 11) is 0. The molecule has 3 aromatic carbocycles. The van der Waals surface area contributed by atoms with E-state index in [2.05, 4.69) is 9.98 Å². The Morgan fingerprint density at radius 3 is 2.21 bits per heavy atom. The van der Waals surface area contributed by atoms with Crippen LogP contribution >= 0.6 is 0 Å². The van der Waals surface area contributed by atoms with Crippen LogP contribution in [0.15, 0.2) is 90.2 Å². The SMILES string of the molecule is O=C(C(=Nc1ccc(C(F)(F)F)cc1)n1cnc2ccccc21)c1ccccc1. The summed E-state index contributed by atoms with van der Waals surface area (Å²) in [6.07, 6.45) is -2.96. The molecule has 0 saturated heterocycles. The minimum absolute atomic E-state index is 0.0460. The van der Waals surface area contributed by atoms with E-state index in [1.807, 2.05) is 12.1 Å². The summed E-state index contributed by atoms with van der Waals surface area (Å²) in [4.78, 5) is 21.8. The number of hydrogen-bond acceptors (Lipinski definition) is 3. The smallest absolute Gasteiger partial charge is 0.285 e. The number of carbonyl (C=O) groups excluding carboxylic acids is 1. The normalized spacial score (nSPS) is 12.3. The van der Waals surface area contributed by atoms with Crippen LogP contribution in [-0.2, 0) is 6.18 Å². The quantitative estimate of drug-likeness (QED) is 0.262. The Bertz CT molecular complexity index is 1190. The highest BCUT2D eigenvalue weighted by atomic mass is 19.4. The zero-order valence-electron chi connectivity index (χ0n) is 15.0. The third-order valence-electron chi connectivity index (χ3n) is 4.35. The van der Waals surface area contributed by atoms with Gasteiger partial charge in [-0.1, -0.05) is 42.5 Å². The molecule has 1 aromatic heterocycles. The molecular weight excluding hydrogens is 379 g/mol. The van der Waals surface area contributed by atoms with E-state index < -0.39 is 11.7 Å². The van der Waals surface area contributed by atoms with Crippen LogP contribution in [0.3, 0.4) is 0 Å². The molecule has 0 N–H and O–H groups in total. The van der Waals surface area contributed by atoms with Crippen LogP contribution in [0.25, 0.3) is 11.0 Å². The fourth-order valence-electron chi connectivity index (χ4n) is 2.91. The first kappa shape index (κ1) is 18.6. The van der Waals surface area contributed by atoms with Gasteiger partial charge < -0.3 is 0 Å². The van der Waals surface area contributed by atoms with Gasteiger partial charge in [-0.25, -0.2) is 9.98 Å². The summed E-state index contributed by atoms with van der Waals surface area (Å²) in [5.41, 5.74) is 1.21. The number of Topliss-reactive ketones (excluding diaryl/α,β-unsaturated/α-hetero) is 1. The third-order valence-corrected chi connectivity index (χ3v) is 4.35. The van der Waals surface area contributed by atoms with E-state index >= 15 is 0 Å². The molecule has 0 unspecified atom stereocenters. The lowest BCUT2D eigenvalue weighted by Gasteiger charge is -2.10. The van der Waals surface area contributed by atoms with Gasteiger partial charge in [0.05, 0.1) is 22.3 Å². The Kier molecular flexibility index (Phi) is 4.72. The van der Waals surface area contributed by atoms with Gasteiger partial charge in [0.1, 0.15) is 6.33 Å². The largest absolute Gasteiger partial charge is 0.416 e. The van der Waals surface area contributed by atoms with Crippen molar-refractivity contribution in [1.29, 1.82) is 0 Å². The van der Waals surface area contributed by atoms with E-state index in [-0.39, 0.29) is 17.3 Å². The summed E-state index contributed by atoms with van der Waals surface area (Å²) in [6, 6.07) is 20.1. The molecule has 4 rings (SSSR count). The lowest BCUT2D eigenvalue weighted by atomic mass is 10.1. The average molecular weight is 393 g/mol. The Labute approximate surface area is 164 Å². The fraction of sp³-hybridized carbons (Fsp3) is 0.0455. The number of aromatic nitrogens is 2. The van der Waals surface area contributed by atoms with Gasteiger partial charge in [0, 0.05) is 5.56 Å². The van der Waals surface area contributed by atoms with Crippen LogP contribution in [0.4, 0.5) is 18.9 Å². The summed E-state index contributed by atoms with van der Waals surface area (Å²) >= 11 is 0. The number of aliphatic imine (C=N–C) groups is 1. The van der Waals surface area contributed by atoms with E-state index in [0.717, 1.165) is 12.1 Å². The van der Waals surface area contributed by atoms with Crippen molar-refractivity contribution in [3.05, 3.63) is 96.3 Å². The zero-order valence-corrected chi connectivity index (χ0v) is 15.0. The number of para-hydroxylation sites is 2. The first-order valence-corrected chi connectivity index (χ1v) is 8.71. The molecule has 144 valence electrons. The lowest BCUT2D eigenvalue weighted by molar-refractivity contribution is -0.137. The Morgan fingerprint density at radius 2 is 1.52 bits per heavy atom. The number of fused-ring (bicyclic) bond motifs is 1. The predicted molar refractivity (Wildman–Crippen MR) is 104 cm³/mol. The average Bonchev–Trinajstić information content (AvgIpc) is 3.16. The number of halogens is 3. The lowest BCUT2D eigenvalue weighted by Crippen LogP contribution is -2.22. The zero-order chi connectivity index (χ0) is 20.4. The Morgan fingerprint density at radius 1 is 0.862 bits per heavy atom. The number of hydrogen-bond donors (Lipinski definition) is 0. The van der Waals surface area contributed by atoms with Crippen LogP contribution < -0.4 is 0 Å². The summed E-state index contributed by atoms with van der Waals surface area (Å²) in [5.74, 6) is -0.321. The second kappa shape index (κ2) is 7.35. The Balaban J connectivity index is 1.84. The van der Waals surface area contributed by atoms with E-state index in [1.165, 1.54) is 18.5 Å². The third kappa shape index (κ3) is 3.80. The monoisotopic (exact) mass is 393 g/mol. The van der Waals surface area contributed by atoms with Crippen LogP contribution in [0.5, 0.6) is 0 Å². The minimum Gasteiger partial charge on any atom is -0.285 e. The molecule has 0 aliphatic heterocycles. The van der Waals surface area contributed by atoms with E-state index in [1.54, 1.807) is 47.0 Å². The molecule has 0 atom stereocenters. The highest BCUT2D eigenvalue weighted by Gasteiger charge is 2.30. The first-order valence-electron chi connectivity index (χ1n) is 8.71. The molecular formula is C22H14F3N3O. The van der Waals surface area contributed by atoms with Crippen LogP contribution in [-0.4, -0.2) is 21.2 Å². The van der Waals surface area contributed by atoms with Gasteiger partial charge >= 0.3 is 6.18 Å².